The van der Waals surface area contributed by atoms with Gasteiger partial charge in [-0.05, 0) is 30.9 Å². The van der Waals surface area contributed by atoms with Crippen molar-refractivity contribution >= 4 is 35.6 Å². The molecular weight excluding hydrogens is 369 g/mol. The smallest absolute Gasteiger partial charge is 0.193 e. The van der Waals surface area contributed by atoms with Gasteiger partial charge in [0, 0.05) is 11.8 Å². The number of aliphatic imine (C=N–C) groups is 1. The summed E-state index contributed by atoms with van der Waals surface area (Å²) in [5.74, 6) is 2.43. The number of rotatable bonds is 4. The highest BCUT2D eigenvalue weighted by Crippen LogP contribution is 2.31. The highest BCUT2D eigenvalue weighted by molar-refractivity contribution is 14.0. The van der Waals surface area contributed by atoms with Crippen LogP contribution < -0.4 is 20.5 Å². The highest BCUT2D eigenvalue weighted by Gasteiger charge is 2.26. The molecule has 2 atom stereocenters. The third kappa shape index (κ3) is 3.91. The molecule has 5 nitrogen and oxygen atoms in total. The maximum absolute atomic E-state index is 5.91. The number of benzene rings is 1. The summed E-state index contributed by atoms with van der Waals surface area (Å²) in [5.41, 5.74) is 6.75. The first-order chi connectivity index (χ1) is 9.13. The number of guanidine groups is 1. The van der Waals surface area contributed by atoms with E-state index >= 15 is 0 Å². The number of ether oxygens (including phenoxy) is 2. The molecule has 1 fully saturated rings. The Morgan fingerprint density at radius 1 is 1.25 bits per heavy atom. The quantitative estimate of drug-likeness (QED) is 0.471. The van der Waals surface area contributed by atoms with Crippen molar-refractivity contribution in [1.82, 2.24) is 0 Å². The van der Waals surface area contributed by atoms with E-state index in [4.69, 9.17) is 15.2 Å². The zero-order valence-corrected chi connectivity index (χ0v) is 14.4. The lowest BCUT2D eigenvalue weighted by Crippen LogP contribution is -2.32. The van der Waals surface area contributed by atoms with Crippen molar-refractivity contribution in [3.8, 4) is 11.5 Å². The lowest BCUT2D eigenvalue weighted by molar-refractivity contribution is 0.284. The van der Waals surface area contributed by atoms with E-state index in [-0.39, 0.29) is 24.0 Å². The first-order valence-electron chi connectivity index (χ1n) is 6.46. The minimum atomic E-state index is 0. The summed E-state index contributed by atoms with van der Waals surface area (Å²) in [5, 5.41) is 3.08. The molecule has 20 heavy (non-hydrogen) atoms. The second-order valence-corrected chi connectivity index (χ2v) is 4.83. The lowest BCUT2D eigenvalue weighted by Gasteiger charge is -2.30. The molecule has 1 aromatic carbocycles. The van der Waals surface area contributed by atoms with E-state index in [0.29, 0.717) is 29.4 Å². The standard InChI is InChI=1S/C14H21N3O2.HI/c1-9-4-6-11(9)17-14(15)16-10-5-7-12(18-2)13(8-10)19-3;/h5,7-9,11H,4,6H2,1-3H3,(H3,15,16,17);1H. The summed E-state index contributed by atoms with van der Waals surface area (Å²) in [4.78, 5) is 4.47. The number of halogens is 1. The van der Waals surface area contributed by atoms with E-state index < -0.39 is 0 Å². The number of nitrogens with one attached hydrogen (secondary N) is 1. The molecule has 1 saturated carbocycles. The van der Waals surface area contributed by atoms with Crippen molar-refractivity contribution in [2.24, 2.45) is 16.6 Å². The Kier molecular flexibility index (Phi) is 6.38. The third-order valence-corrected chi connectivity index (χ3v) is 3.54. The average Bonchev–Trinajstić information content (AvgIpc) is 2.43. The van der Waals surface area contributed by atoms with E-state index in [1.807, 2.05) is 18.2 Å². The molecule has 0 amide bonds. The van der Waals surface area contributed by atoms with Crippen molar-refractivity contribution in [2.45, 2.75) is 25.8 Å². The summed E-state index contributed by atoms with van der Waals surface area (Å²) in [6.45, 7) is 2.20. The normalized spacial score (nSPS) is 21.4. The van der Waals surface area contributed by atoms with E-state index in [2.05, 4.69) is 17.2 Å². The Balaban J connectivity index is 0.00000200. The number of nitrogens with zero attached hydrogens (tertiary/aromatic N) is 1. The molecule has 1 aliphatic carbocycles. The summed E-state index contributed by atoms with van der Waals surface area (Å²) in [6, 6.07) is 5.91. The minimum Gasteiger partial charge on any atom is -0.493 e. The van der Waals surface area contributed by atoms with Gasteiger partial charge in [-0.15, -0.1) is 24.0 Å². The Morgan fingerprint density at radius 2 is 1.95 bits per heavy atom. The van der Waals surface area contributed by atoms with E-state index in [9.17, 15) is 0 Å². The first-order valence-corrected chi connectivity index (χ1v) is 6.46. The molecule has 0 bridgehead atoms. The van der Waals surface area contributed by atoms with Gasteiger partial charge in [0.2, 0.25) is 0 Å². The Morgan fingerprint density at radius 3 is 2.45 bits per heavy atom. The maximum atomic E-state index is 5.91. The van der Waals surface area contributed by atoms with Crippen molar-refractivity contribution in [3.05, 3.63) is 18.2 Å². The minimum absolute atomic E-state index is 0. The van der Waals surface area contributed by atoms with Crippen LogP contribution in [0.15, 0.2) is 23.2 Å². The van der Waals surface area contributed by atoms with Crippen LogP contribution in [0.25, 0.3) is 0 Å². The van der Waals surface area contributed by atoms with Gasteiger partial charge in [0.05, 0.1) is 20.3 Å². The SMILES string of the molecule is COc1ccc(NC(N)=NC2CCC2C)cc1OC.I. The van der Waals surface area contributed by atoms with Crippen LogP contribution >= 0.6 is 24.0 Å². The molecule has 112 valence electrons. The van der Waals surface area contributed by atoms with Gasteiger partial charge in [-0.25, -0.2) is 4.99 Å². The van der Waals surface area contributed by atoms with E-state index in [1.54, 1.807) is 14.2 Å². The number of nitrogens with two attached hydrogens (primary N) is 1. The van der Waals surface area contributed by atoms with Crippen LogP contribution in [0.3, 0.4) is 0 Å². The predicted octanol–water partition coefficient (Wildman–Crippen LogP) is 2.85. The predicted molar refractivity (Wildman–Crippen MR) is 92.4 cm³/mol. The number of hydrogen-bond donors (Lipinski definition) is 2. The molecule has 0 radical (unpaired) electrons. The van der Waals surface area contributed by atoms with E-state index in [1.165, 1.54) is 6.42 Å². The van der Waals surface area contributed by atoms with Crippen molar-refractivity contribution in [3.63, 3.8) is 0 Å². The van der Waals surface area contributed by atoms with Gasteiger partial charge in [-0.1, -0.05) is 6.92 Å². The zero-order chi connectivity index (χ0) is 13.8. The summed E-state index contributed by atoms with van der Waals surface area (Å²) < 4.78 is 10.4. The molecule has 0 spiro atoms. The van der Waals surface area contributed by atoms with Gasteiger partial charge >= 0.3 is 0 Å². The van der Waals surface area contributed by atoms with Crippen LogP contribution in [0.5, 0.6) is 11.5 Å². The monoisotopic (exact) mass is 391 g/mol. The summed E-state index contributed by atoms with van der Waals surface area (Å²) in [7, 11) is 3.22. The van der Waals surface area contributed by atoms with Crippen LogP contribution in [-0.4, -0.2) is 26.2 Å². The molecule has 2 rings (SSSR count). The van der Waals surface area contributed by atoms with Gasteiger partial charge in [0.1, 0.15) is 0 Å². The topological polar surface area (TPSA) is 68.9 Å². The summed E-state index contributed by atoms with van der Waals surface area (Å²) in [6.07, 6.45) is 2.35. The molecular formula is C14H22IN3O2. The van der Waals surface area contributed by atoms with Gasteiger partial charge in [0.15, 0.2) is 17.5 Å². The van der Waals surface area contributed by atoms with Crippen LogP contribution in [0, 0.1) is 5.92 Å². The van der Waals surface area contributed by atoms with Crippen LogP contribution in [0.1, 0.15) is 19.8 Å². The molecule has 0 heterocycles. The molecule has 3 N–H and O–H groups in total. The molecule has 1 aliphatic rings. The zero-order valence-electron chi connectivity index (χ0n) is 12.1. The summed E-state index contributed by atoms with van der Waals surface area (Å²) >= 11 is 0. The molecule has 0 aliphatic heterocycles. The third-order valence-electron chi connectivity index (χ3n) is 3.54. The Hall–Kier alpha value is -1.18. The van der Waals surface area contributed by atoms with Gasteiger partial charge in [-0.2, -0.15) is 0 Å². The average molecular weight is 391 g/mol. The van der Waals surface area contributed by atoms with Gasteiger partial charge in [0.25, 0.3) is 0 Å². The lowest BCUT2D eigenvalue weighted by atomic mass is 9.82. The second-order valence-electron chi connectivity index (χ2n) is 4.83. The molecule has 1 aromatic rings. The van der Waals surface area contributed by atoms with Crippen LogP contribution in [0.4, 0.5) is 5.69 Å². The second kappa shape index (κ2) is 7.56. The number of hydrogen-bond acceptors (Lipinski definition) is 3. The fourth-order valence-electron chi connectivity index (χ4n) is 2.11. The van der Waals surface area contributed by atoms with Crippen molar-refractivity contribution in [1.29, 1.82) is 0 Å². The fraction of sp³-hybridized carbons (Fsp3) is 0.500. The largest absolute Gasteiger partial charge is 0.493 e. The van der Waals surface area contributed by atoms with Crippen molar-refractivity contribution in [2.75, 3.05) is 19.5 Å². The number of anilines is 1. The molecule has 0 saturated heterocycles. The van der Waals surface area contributed by atoms with Crippen LogP contribution in [0.2, 0.25) is 0 Å². The molecule has 0 aromatic heterocycles. The van der Waals surface area contributed by atoms with Gasteiger partial charge < -0.3 is 20.5 Å². The van der Waals surface area contributed by atoms with Crippen molar-refractivity contribution < 1.29 is 9.47 Å². The first kappa shape index (κ1) is 16.9. The maximum Gasteiger partial charge on any atom is 0.193 e. The van der Waals surface area contributed by atoms with E-state index in [0.717, 1.165) is 12.1 Å². The molecule has 6 heteroatoms. The van der Waals surface area contributed by atoms with Crippen LogP contribution in [-0.2, 0) is 0 Å². The Labute approximate surface area is 137 Å². The fourth-order valence-corrected chi connectivity index (χ4v) is 2.11. The highest BCUT2D eigenvalue weighted by atomic mass is 127. The van der Waals surface area contributed by atoms with Gasteiger partial charge in [-0.3, -0.25) is 0 Å². The number of methoxy groups -OCH3 is 2. The molecule has 2 unspecified atom stereocenters. The Bertz CT molecular complexity index is 479.